The van der Waals surface area contributed by atoms with Crippen LogP contribution in [-0.4, -0.2) is 5.97 Å². The third-order valence-corrected chi connectivity index (χ3v) is 2.10. The zero-order valence-corrected chi connectivity index (χ0v) is 7.86. The van der Waals surface area contributed by atoms with E-state index in [0.717, 1.165) is 11.1 Å². The van der Waals surface area contributed by atoms with Gasteiger partial charge in [-0.2, -0.15) is 0 Å². The van der Waals surface area contributed by atoms with Crippen molar-refractivity contribution in [2.24, 2.45) is 0 Å². The highest BCUT2D eigenvalue weighted by molar-refractivity contribution is 6.00. The molecule has 1 heterocycles. The Kier molecular flexibility index (Phi) is 2.19. The first-order chi connectivity index (χ1) is 6.77. The van der Waals surface area contributed by atoms with Crippen molar-refractivity contribution < 1.29 is 9.53 Å². The van der Waals surface area contributed by atoms with Gasteiger partial charge >= 0.3 is 5.97 Å². The summed E-state index contributed by atoms with van der Waals surface area (Å²) in [6, 6.07) is 9.72. The molecule has 0 unspecified atom stereocenters. The standard InChI is InChI=1S/C12H10O2/c1-9-8-14-12(13)11(9)7-10-5-3-2-4-6-10/h2-8H,1H3. The number of hydrogen-bond acceptors (Lipinski definition) is 2. The van der Waals surface area contributed by atoms with E-state index in [0.29, 0.717) is 5.57 Å². The number of cyclic esters (lactones) is 1. The van der Waals surface area contributed by atoms with Crippen molar-refractivity contribution in [1.29, 1.82) is 0 Å². The van der Waals surface area contributed by atoms with E-state index in [1.54, 1.807) is 0 Å². The Morgan fingerprint density at radius 2 is 1.93 bits per heavy atom. The van der Waals surface area contributed by atoms with Gasteiger partial charge in [0.25, 0.3) is 0 Å². The molecule has 0 atom stereocenters. The van der Waals surface area contributed by atoms with E-state index >= 15 is 0 Å². The van der Waals surface area contributed by atoms with E-state index in [9.17, 15) is 4.79 Å². The molecule has 0 fully saturated rings. The topological polar surface area (TPSA) is 26.3 Å². The summed E-state index contributed by atoms with van der Waals surface area (Å²) < 4.78 is 4.78. The number of hydrogen-bond donors (Lipinski definition) is 0. The van der Waals surface area contributed by atoms with E-state index < -0.39 is 0 Å². The highest BCUT2D eigenvalue weighted by Gasteiger charge is 2.18. The van der Waals surface area contributed by atoms with Gasteiger partial charge in [0, 0.05) is 0 Å². The highest BCUT2D eigenvalue weighted by atomic mass is 16.5. The van der Waals surface area contributed by atoms with E-state index in [2.05, 4.69) is 0 Å². The maximum Gasteiger partial charge on any atom is 0.343 e. The summed E-state index contributed by atoms with van der Waals surface area (Å²) in [5.41, 5.74) is 2.52. The molecule has 1 aromatic rings. The molecule has 1 aliphatic heterocycles. The van der Waals surface area contributed by atoms with Crippen LogP contribution in [-0.2, 0) is 9.53 Å². The summed E-state index contributed by atoms with van der Waals surface area (Å²) in [6.45, 7) is 1.86. The van der Waals surface area contributed by atoms with Gasteiger partial charge in [0.1, 0.15) is 0 Å². The number of benzene rings is 1. The second kappa shape index (κ2) is 3.50. The normalized spacial score (nSPS) is 18.2. The van der Waals surface area contributed by atoms with Gasteiger partial charge in [-0.15, -0.1) is 0 Å². The molecule has 0 spiro atoms. The lowest BCUT2D eigenvalue weighted by Gasteiger charge is -1.96. The largest absolute Gasteiger partial charge is 0.431 e. The van der Waals surface area contributed by atoms with Crippen LogP contribution in [0.3, 0.4) is 0 Å². The van der Waals surface area contributed by atoms with E-state index in [1.807, 2.05) is 43.3 Å². The first-order valence-corrected chi connectivity index (χ1v) is 4.42. The van der Waals surface area contributed by atoms with Crippen LogP contribution in [0.25, 0.3) is 6.08 Å². The fourth-order valence-corrected chi connectivity index (χ4v) is 1.32. The average molecular weight is 186 g/mol. The van der Waals surface area contributed by atoms with Crippen LogP contribution < -0.4 is 0 Å². The van der Waals surface area contributed by atoms with Crippen molar-refractivity contribution in [2.45, 2.75) is 6.92 Å². The predicted octanol–water partition coefficient (Wildman–Crippen LogP) is 2.53. The van der Waals surface area contributed by atoms with E-state index in [1.165, 1.54) is 6.26 Å². The van der Waals surface area contributed by atoms with Crippen LogP contribution in [0.2, 0.25) is 0 Å². The third kappa shape index (κ3) is 1.59. The number of esters is 1. The lowest BCUT2D eigenvalue weighted by molar-refractivity contribution is -0.131. The van der Waals surface area contributed by atoms with Crippen LogP contribution in [0.4, 0.5) is 0 Å². The van der Waals surface area contributed by atoms with Crippen LogP contribution in [0.5, 0.6) is 0 Å². The molecule has 0 saturated heterocycles. The third-order valence-electron chi connectivity index (χ3n) is 2.10. The zero-order chi connectivity index (χ0) is 9.97. The Morgan fingerprint density at radius 1 is 1.21 bits per heavy atom. The number of ether oxygens (including phenoxy) is 1. The van der Waals surface area contributed by atoms with Crippen LogP contribution in [0.1, 0.15) is 12.5 Å². The first-order valence-electron chi connectivity index (χ1n) is 4.42. The maximum absolute atomic E-state index is 11.2. The molecule has 1 aromatic carbocycles. The quantitative estimate of drug-likeness (QED) is 0.497. The van der Waals surface area contributed by atoms with E-state index in [-0.39, 0.29) is 5.97 Å². The molecule has 0 radical (unpaired) electrons. The lowest BCUT2D eigenvalue weighted by atomic mass is 10.1. The SMILES string of the molecule is CC1=COC(=O)C1=Cc1ccccc1. The number of carbonyl (C=O) groups is 1. The molecule has 14 heavy (non-hydrogen) atoms. The van der Waals surface area contributed by atoms with Gasteiger partial charge in [-0.25, -0.2) is 4.79 Å². The zero-order valence-electron chi connectivity index (χ0n) is 7.86. The molecule has 0 aliphatic carbocycles. The monoisotopic (exact) mass is 186 g/mol. The molecular formula is C12H10O2. The maximum atomic E-state index is 11.2. The van der Waals surface area contributed by atoms with Crippen molar-refractivity contribution in [1.82, 2.24) is 0 Å². The van der Waals surface area contributed by atoms with Gasteiger partial charge in [-0.1, -0.05) is 30.3 Å². The summed E-state index contributed by atoms with van der Waals surface area (Å²) in [5.74, 6) is -0.272. The van der Waals surface area contributed by atoms with Crippen molar-refractivity contribution >= 4 is 12.0 Å². The molecule has 0 saturated carbocycles. The van der Waals surface area contributed by atoms with Crippen LogP contribution in [0, 0.1) is 0 Å². The molecule has 2 nitrogen and oxygen atoms in total. The van der Waals surface area contributed by atoms with Gasteiger partial charge in [-0.05, 0) is 24.1 Å². The second-order valence-corrected chi connectivity index (χ2v) is 3.17. The predicted molar refractivity (Wildman–Crippen MR) is 54.3 cm³/mol. The van der Waals surface area contributed by atoms with Crippen LogP contribution >= 0.6 is 0 Å². The molecule has 2 heteroatoms. The molecule has 0 aromatic heterocycles. The number of carbonyl (C=O) groups excluding carboxylic acids is 1. The summed E-state index contributed by atoms with van der Waals surface area (Å²) in [6.07, 6.45) is 3.32. The molecular weight excluding hydrogens is 176 g/mol. The minimum Gasteiger partial charge on any atom is -0.431 e. The Hall–Kier alpha value is -1.83. The average Bonchev–Trinajstić information content (AvgIpc) is 2.51. The van der Waals surface area contributed by atoms with Gasteiger partial charge in [0.15, 0.2) is 0 Å². The van der Waals surface area contributed by atoms with E-state index in [4.69, 9.17) is 4.74 Å². The molecule has 0 N–H and O–H groups in total. The first kappa shape index (κ1) is 8.75. The summed E-state index contributed by atoms with van der Waals surface area (Å²) in [5, 5.41) is 0. The summed E-state index contributed by atoms with van der Waals surface area (Å²) in [7, 11) is 0. The van der Waals surface area contributed by atoms with Crippen molar-refractivity contribution in [2.75, 3.05) is 0 Å². The van der Waals surface area contributed by atoms with Crippen molar-refractivity contribution in [3.8, 4) is 0 Å². The molecule has 1 aliphatic rings. The summed E-state index contributed by atoms with van der Waals surface area (Å²) in [4.78, 5) is 11.2. The van der Waals surface area contributed by atoms with Gasteiger partial charge in [0.2, 0.25) is 0 Å². The summed E-state index contributed by atoms with van der Waals surface area (Å²) >= 11 is 0. The molecule has 0 amide bonds. The fraction of sp³-hybridized carbons (Fsp3) is 0.0833. The van der Waals surface area contributed by atoms with Gasteiger partial charge in [0.05, 0.1) is 11.8 Å². The van der Waals surface area contributed by atoms with Gasteiger partial charge in [-0.3, -0.25) is 0 Å². The fourth-order valence-electron chi connectivity index (χ4n) is 1.32. The minimum atomic E-state index is -0.272. The Balaban J connectivity index is 2.36. The Bertz CT molecular complexity index is 413. The Labute approximate surface area is 82.5 Å². The molecule has 0 bridgehead atoms. The lowest BCUT2D eigenvalue weighted by Crippen LogP contribution is -1.96. The van der Waals surface area contributed by atoms with Crippen molar-refractivity contribution in [3.63, 3.8) is 0 Å². The second-order valence-electron chi connectivity index (χ2n) is 3.17. The Morgan fingerprint density at radius 3 is 2.50 bits per heavy atom. The molecule has 2 rings (SSSR count). The van der Waals surface area contributed by atoms with Crippen molar-refractivity contribution in [3.05, 3.63) is 53.3 Å². The van der Waals surface area contributed by atoms with Crippen LogP contribution in [0.15, 0.2) is 47.7 Å². The van der Waals surface area contributed by atoms with Gasteiger partial charge < -0.3 is 4.74 Å². The highest BCUT2D eigenvalue weighted by Crippen LogP contribution is 2.21. The molecule has 70 valence electrons. The smallest absolute Gasteiger partial charge is 0.343 e. The minimum absolute atomic E-state index is 0.272. The number of rotatable bonds is 1.